The third kappa shape index (κ3) is 6.97. The van der Waals surface area contributed by atoms with Gasteiger partial charge in [0.05, 0.1) is 11.9 Å². The summed E-state index contributed by atoms with van der Waals surface area (Å²) in [4.78, 5) is 22.0. The number of rotatable bonds is 5. The van der Waals surface area contributed by atoms with Crippen molar-refractivity contribution in [3.05, 3.63) is 0 Å². The molecule has 15 heavy (non-hydrogen) atoms. The maximum Gasteiger partial charge on any atom is 0.243 e. The maximum atomic E-state index is 11.3. The quantitative estimate of drug-likeness (QED) is 0.398. The Bertz CT molecular complexity index is 355. The highest BCUT2D eigenvalue weighted by molar-refractivity contribution is 7.80. The van der Waals surface area contributed by atoms with E-state index in [1.54, 1.807) is 0 Å². The fourth-order valence-electron chi connectivity index (χ4n) is 0.773. The minimum absolute atomic E-state index is 0.0984. The molecule has 0 aliphatic heterocycles. The van der Waals surface area contributed by atoms with Gasteiger partial charge in [0.2, 0.25) is 22.1 Å². The summed E-state index contributed by atoms with van der Waals surface area (Å²) in [5.74, 6) is -0.672. The molecule has 0 aromatic carbocycles. The topological polar surface area (TPSA) is 92.3 Å². The lowest BCUT2D eigenvalue weighted by molar-refractivity contribution is -0.127. The molecule has 0 unspecified atom stereocenters. The van der Waals surface area contributed by atoms with Crippen LogP contribution in [0.15, 0.2) is 0 Å². The fourth-order valence-corrected chi connectivity index (χ4v) is 1.25. The van der Waals surface area contributed by atoms with Crippen molar-refractivity contribution in [3.63, 3.8) is 0 Å². The molecule has 0 saturated carbocycles. The monoisotopic (exact) mass is 252 g/mol. The average Bonchev–Trinajstić information content (AvgIpc) is 2.13. The first-order valence-electron chi connectivity index (χ1n) is 4.04. The molecule has 8 heteroatoms. The number of carbonyl (C=O) groups is 2. The first-order valence-corrected chi connectivity index (χ1v) is 5.81. The molecular weight excluding hydrogens is 240 g/mol. The molecule has 0 aromatic heterocycles. The smallest absolute Gasteiger partial charge is 0.243 e. The van der Waals surface area contributed by atoms with Gasteiger partial charge in [-0.1, -0.05) is 0 Å². The normalized spacial score (nSPS) is 11.3. The zero-order chi connectivity index (χ0) is 11.8. The largest absolute Gasteiger partial charge is 0.350 e. The minimum atomic E-state index is -2.30. The average molecular weight is 252 g/mol. The maximum absolute atomic E-state index is 11.3. The van der Waals surface area contributed by atoms with E-state index in [0.717, 1.165) is 5.37 Å². The van der Waals surface area contributed by atoms with Crippen molar-refractivity contribution in [1.29, 1.82) is 0 Å². The number of amides is 2. The van der Waals surface area contributed by atoms with E-state index in [0.29, 0.717) is 0 Å². The SMILES string of the molecule is CC(=O)N[C@@H](CS)C(=O)NCC=S(=O)=O. The molecular formula is C7H12N2O4S2. The Morgan fingerprint density at radius 2 is 2.07 bits per heavy atom. The van der Waals surface area contributed by atoms with Crippen LogP contribution in [0, 0.1) is 0 Å². The van der Waals surface area contributed by atoms with Crippen molar-refractivity contribution in [1.82, 2.24) is 10.6 Å². The molecule has 0 aliphatic rings. The number of nitrogens with one attached hydrogen (secondary N) is 2. The molecule has 1 atom stereocenters. The zero-order valence-electron chi connectivity index (χ0n) is 8.06. The summed E-state index contributed by atoms with van der Waals surface area (Å²) in [6.07, 6.45) is 0. The molecule has 0 aromatic rings. The van der Waals surface area contributed by atoms with Crippen LogP contribution in [-0.2, 0) is 19.9 Å². The molecule has 6 nitrogen and oxygen atoms in total. The lowest BCUT2D eigenvalue weighted by Crippen LogP contribution is -2.47. The highest BCUT2D eigenvalue weighted by Gasteiger charge is 2.16. The Morgan fingerprint density at radius 3 is 2.47 bits per heavy atom. The zero-order valence-corrected chi connectivity index (χ0v) is 9.77. The van der Waals surface area contributed by atoms with Crippen LogP contribution >= 0.6 is 12.6 Å². The van der Waals surface area contributed by atoms with Gasteiger partial charge in [-0.3, -0.25) is 9.59 Å². The first-order chi connectivity index (χ1) is 6.97. The molecule has 0 aliphatic carbocycles. The van der Waals surface area contributed by atoms with Gasteiger partial charge in [-0.2, -0.15) is 21.0 Å². The van der Waals surface area contributed by atoms with Crippen molar-refractivity contribution in [3.8, 4) is 0 Å². The van der Waals surface area contributed by atoms with Crippen LogP contribution in [0.2, 0.25) is 0 Å². The Kier molecular flexibility index (Phi) is 6.80. The summed E-state index contributed by atoms with van der Waals surface area (Å²) in [5.41, 5.74) is 0. The van der Waals surface area contributed by atoms with Crippen LogP contribution < -0.4 is 10.6 Å². The van der Waals surface area contributed by atoms with Crippen LogP contribution in [0.3, 0.4) is 0 Å². The molecule has 0 spiro atoms. The van der Waals surface area contributed by atoms with Gasteiger partial charge < -0.3 is 10.6 Å². The predicted molar refractivity (Wildman–Crippen MR) is 59.5 cm³/mol. The Balaban J connectivity index is 4.16. The fraction of sp³-hybridized carbons (Fsp3) is 0.571. The van der Waals surface area contributed by atoms with E-state index < -0.39 is 22.2 Å². The summed E-state index contributed by atoms with van der Waals surface area (Å²) < 4.78 is 20.2. The molecule has 0 saturated heterocycles. The van der Waals surface area contributed by atoms with E-state index in [9.17, 15) is 18.0 Å². The molecule has 0 heterocycles. The molecule has 0 rings (SSSR count). The van der Waals surface area contributed by atoms with Gasteiger partial charge in [0.25, 0.3) is 0 Å². The molecule has 0 bridgehead atoms. The molecule has 2 N–H and O–H groups in total. The van der Waals surface area contributed by atoms with Crippen molar-refractivity contribution >= 4 is 40.1 Å². The molecule has 2 amide bonds. The second-order valence-corrected chi connectivity index (χ2v) is 3.83. The number of hydrogen-bond acceptors (Lipinski definition) is 5. The Labute approximate surface area is 94.4 Å². The third-order valence-electron chi connectivity index (χ3n) is 1.37. The van der Waals surface area contributed by atoms with Crippen LogP contribution in [0.5, 0.6) is 0 Å². The van der Waals surface area contributed by atoms with E-state index in [1.165, 1.54) is 6.92 Å². The van der Waals surface area contributed by atoms with Crippen LogP contribution in [0.1, 0.15) is 6.92 Å². The van der Waals surface area contributed by atoms with Crippen LogP contribution in [-0.4, -0.2) is 43.9 Å². The van der Waals surface area contributed by atoms with Gasteiger partial charge in [-0.25, -0.2) is 0 Å². The lowest BCUT2D eigenvalue weighted by atomic mass is 10.3. The number of thiol groups is 1. The predicted octanol–water partition coefficient (Wildman–Crippen LogP) is -1.78. The van der Waals surface area contributed by atoms with E-state index >= 15 is 0 Å². The first kappa shape index (κ1) is 14.0. The highest BCUT2D eigenvalue weighted by Crippen LogP contribution is 1.87. The summed E-state index contributed by atoms with van der Waals surface area (Å²) >= 11 is 3.88. The molecule has 0 radical (unpaired) electrons. The van der Waals surface area contributed by atoms with Crippen molar-refractivity contribution in [2.75, 3.05) is 12.3 Å². The Morgan fingerprint density at radius 1 is 1.47 bits per heavy atom. The standard InChI is InChI=1S/C7H12N2O4S2/c1-5(10)9-6(4-14)7(11)8-2-3-15(12)13/h3,6,14H,2,4H2,1H3,(H,8,11)(H,9,10)/t6-/m0/s1. The summed E-state index contributed by atoms with van der Waals surface area (Å²) in [7, 11) is -2.30. The number of carbonyl (C=O) groups excluding carboxylic acids is 2. The summed E-state index contributed by atoms with van der Waals surface area (Å²) in [5, 5.41) is 5.60. The van der Waals surface area contributed by atoms with Crippen LogP contribution in [0.25, 0.3) is 0 Å². The molecule has 0 fully saturated rings. The number of hydrogen-bond donors (Lipinski definition) is 3. The third-order valence-corrected chi connectivity index (χ3v) is 2.18. The van der Waals surface area contributed by atoms with Gasteiger partial charge in [0, 0.05) is 12.7 Å². The van der Waals surface area contributed by atoms with Gasteiger partial charge >= 0.3 is 0 Å². The van der Waals surface area contributed by atoms with Crippen molar-refractivity contribution in [2.24, 2.45) is 0 Å². The van der Waals surface area contributed by atoms with Crippen LogP contribution in [0.4, 0.5) is 0 Å². The highest BCUT2D eigenvalue weighted by atomic mass is 32.2. The lowest BCUT2D eigenvalue weighted by Gasteiger charge is -2.13. The van der Waals surface area contributed by atoms with Gasteiger partial charge in [-0.05, 0) is 0 Å². The summed E-state index contributed by atoms with van der Waals surface area (Å²) in [6.45, 7) is 1.18. The Hall–Kier alpha value is -1.02. The van der Waals surface area contributed by atoms with E-state index in [1.807, 2.05) is 0 Å². The van der Waals surface area contributed by atoms with Gasteiger partial charge in [0.15, 0.2) is 0 Å². The van der Waals surface area contributed by atoms with Crippen molar-refractivity contribution in [2.45, 2.75) is 13.0 Å². The van der Waals surface area contributed by atoms with E-state index in [2.05, 4.69) is 23.3 Å². The second-order valence-electron chi connectivity index (χ2n) is 2.61. The van der Waals surface area contributed by atoms with E-state index in [4.69, 9.17) is 0 Å². The second kappa shape index (κ2) is 7.30. The van der Waals surface area contributed by atoms with Gasteiger partial charge in [0.1, 0.15) is 6.04 Å². The minimum Gasteiger partial charge on any atom is -0.350 e. The van der Waals surface area contributed by atoms with E-state index in [-0.39, 0.29) is 18.2 Å². The van der Waals surface area contributed by atoms with Gasteiger partial charge in [-0.15, -0.1) is 0 Å². The van der Waals surface area contributed by atoms with Crippen molar-refractivity contribution < 1.29 is 18.0 Å². The molecule has 86 valence electrons. The summed E-state index contributed by atoms with van der Waals surface area (Å²) in [6, 6.07) is -0.751.